The van der Waals surface area contributed by atoms with Gasteiger partial charge < -0.3 is 14.7 Å². The summed E-state index contributed by atoms with van der Waals surface area (Å²) in [5, 5.41) is 4.70. The van der Waals surface area contributed by atoms with Crippen molar-refractivity contribution in [3.8, 4) is 0 Å². The van der Waals surface area contributed by atoms with Gasteiger partial charge in [-0.25, -0.2) is 9.37 Å². The van der Waals surface area contributed by atoms with E-state index in [1.165, 1.54) is 29.3 Å². The van der Waals surface area contributed by atoms with Crippen LogP contribution in [0, 0.1) is 5.82 Å². The Balaban J connectivity index is 1.26. The number of halogens is 2. The molecule has 3 aromatic carbocycles. The van der Waals surface area contributed by atoms with Crippen molar-refractivity contribution in [1.29, 1.82) is 0 Å². The van der Waals surface area contributed by atoms with Gasteiger partial charge in [-0.2, -0.15) is 0 Å². The second-order valence-electron chi connectivity index (χ2n) is 8.85. The number of para-hydroxylation sites is 1. The van der Waals surface area contributed by atoms with Gasteiger partial charge in [0, 0.05) is 41.8 Å². The SMILES string of the molecule is O=C(NCc1ccc(F)cc1)c1coc(CN(CCc2c[nH]c3ccccc23)Cc2ccccc2Cl)n1. The van der Waals surface area contributed by atoms with Crippen molar-refractivity contribution in [2.24, 2.45) is 0 Å². The molecule has 37 heavy (non-hydrogen) atoms. The molecule has 188 valence electrons. The van der Waals surface area contributed by atoms with Crippen LogP contribution in [0.1, 0.15) is 33.1 Å². The molecule has 1 amide bonds. The number of rotatable bonds is 10. The van der Waals surface area contributed by atoms with Gasteiger partial charge in [0.05, 0.1) is 6.54 Å². The molecule has 6 nitrogen and oxygen atoms in total. The van der Waals surface area contributed by atoms with Crippen LogP contribution >= 0.6 is 11.6 Å². The predicted octanol–water partition coefficient (Wildman–Crippen LogP) is 6.12. The molecule has 0 aliphatic heterocycles. The van der Waals surface area contributed by atoms with Crippen LogP contribution in [-0.2, 0) is 26.1 Å². The van der Waals surface area contributed by atoms with Crippen molar-refractivity contribution in [3.05, 3.63) is 124 Å². The summed E-state index contributed by atoms with van der Waals surface area (Å²) < 4.78 is 18.8. The number of nitrogens with zero attached hydrogens (tertiary/aromatic N) is 2. The van der Waals surface area contributed by atoms with Crippen LogP contribution in [0.2, 0.25) is 5.02 Å². The maximum atomic E-state index is 13.1. The van der Waals surface area contributed by atoms with Crippen LogP contribution in [-0.4, -0.2) is 27.3 Å². The van der Waals surface area contributed by atoms with E-state index in [-0.39, 0.29) is 24.0 Å². The molecular weight excluding hydrogens is 491 g/mol. The maximum Gasteiger partial charge on any atom is 0.273 e. The molecule has 2 aromatic heterocycles. The highest BCUT2D eigenvalue weighted by Crippen LogP contribution is 2.21. The molecule has 0 unspecified atom stereocenters. The lowest BCUT2D eigenvalue weighted by molar-refractivity contribution is 0.0945. The lowest BCUT2D eigenvalue weighted by atomic mass is 10.1. The Morgan fingerprint density at radius 2 is 1.78 bits per heavy atom. The third-order valence-electron chi connectivity index (χ3n) is 6.23. The number of hydrogen-bond acceptors (Lipinski definition) is 4. The number of amides is 1. The van der Waals surface area contributed by atoms with Crippen molar-refractivity contribution in [2.45, 2.75) is 26.1 Å². The van der Waals surface area contributed by atoms with Crippen LogP contribution in [0.15, 0.2) is 89.7 Å². The van der Waals surface area contributed by atoms with Crippen LogP contribution in [0.3, 0.4) is 0 Å². The molecule has 0 aliphatic rings. The number of carbonyl (C=O) groups is 1. The minimum Gasteiger partial charge on any atom is -0.447 e. The molecule has 0 fully saturated rings. The molecule has 0 saturated heterocycles. The zero-order valence-electron chi connectivity index (χ0n) is 20.1. The standard InChI is InChI=1S/C29H26ClFN4O2/c30-25-7-3-1-5-22(25)17-35(14-13-21-16-32-26-8-4-2-6-24(21)26)18-28-34-27(19-37-28)29(36)33-15-20-9-11-23(31)12-10-20/h1-12,16,19,32H,13-15,17-18H2,(H,33,36). The molecule has 5 aromatic rings. The van der Waals surface area contributed by atoms with Gasteiger partial charge in [0.25, 0.3) is 5.91 Å². The van der Waals surface area contributed by atoms with Crippen molar-refractivity contribution < 1.29 is 13.6 Å². The number of nitrogens with one attached hydrogen (secondary N) is 2. The minimum atomic E-state index is -0.351. The topological polar surface area (TPSA) is 74.2 Å². The minimum absolute atomic E-state index is 0.200. The number of oxazole rings is 1. The van der Waals surface area contributed by atoms with Crippen LogP contribution < -0.4 is 5.32 Å². The normalized spacial score (nSPS) is 11.3. The first-order valence-corrected chi connectivity index (χ1v) is 12.4. The monoisotopic (exact) mass is 516 g/mol. The molecule has 2 heterocycles. The van der Waals surface area contributed by atoms with Crippen molar-refractivity contribution >= 4 is 28.4 Å². The van der Waals surface area contributed by atoms with Gasteiger partial charge in [0.1, 0.15) is 12.1 Å². The highest BCUT2D eigenvalue weighted by atomic mass is 35.5. The van der Waals surface area contributed by atoms with E-state index in [0.29, 0.717) is 24.0 Å². The summed E-state index contributed by atoms with van der Waals surface area (Å²) in [5.74, 6) is -0.226. The fraction of sp³-hybridized carbons (Fsp3) is 0.172. The van der Waals surface area contributed by atoms with Gasteiger partial charge in [-0.05, 0) is 47.4 Å². The Morgan fingerprint density at radius 3 is 2.62 bits per heavy atom. The Hall–Kier alpha value is -3.94. The first kappa shape index (κ1) is 24.7. The number of aromatic nitrogens is 2. The quantitative estimate of drug-likeness (QED) is 0.234. The molecular formula is C29H26ClFN4O2. The van der Waals surface area contributed by atoms with E-state index in [9.17, 15) is 9.18 Å². The van der Waals surface area contributed by atoms with Gasteiger partial charge in [-0.3, -0.25) is 9.69 Å². The van der Waals surface area contributed by atoms with Crippen LogP contribution in [0.5, 0.6) is 0 Å². The van der Waals surface area contributed by atoms with Gasteiger partial charge in [0.15, 0.2) is 5.69 Å². The first-order chi connectivity index (χ1) is 18.0. The highest BCUT2D eigenvalue weighted by molar-refractivity contribution is 6.31. The molecule has 0 aliphatic carbocycles. The van der Waals surface area contributed by atoms with Crippen molar-refractivity contribution in [1.82, 2.24) is 20.2 Å². The molecule has 8 heteroatoms. The first-order valence-electron chi connectivity index (χ1n) is 12.0. The smallest absolute Gasteiger partial charge is 0.273 e. The summed E-state index contributed by atoms with van der Waals surface area (Å²) in [6, 6.07) is 22.0. The van der Waals surface area contributed by atoms with Crippen LogP contribution in [0.4, 0.5) is 4.39 Å². The van der Waals surface area contributed by atoms with E-state index in [2.05, 4.69) is 32.3 Å². The Morgan fingerprint density at radius 1 is 1.00 bits per heavy atom. The lowest BCUT2D eigenvalue weighted by Crippen LogP contribution is -2.26. The predicted molar refractivity (Wildman–Crippen MR) is 142 cm³/mol. The Labute approximate surface area is 219 Å². The van der Waals surface area contributed by atoms with Gasteiger partial charge >= 0.3 is 0 Å². The molecule has 0 spiro atoms. The Kier molecular flexibility index (Phi) is 7.63. The second-order valence-corrected chi connectivity index (χ2v) is 9.25. The van der Waals surface area contributed by atoms with E-state index in [0.717, 1.165) is 29.6 Å². The van der Waals surface area contributed by atoms with E-state index in [1.807, 2.05) is 42.6 Å². The largest absolute Gasteiger partial charge is 0.447 e. The number of aromatic amines is 1. The zero-order chi connectivity index (χ0) is 25.6. The number of benzene rings is 3. The summed E-state index contributed by atoms with van der Waals surface area (Å²) >= 11 is 6.44. The summed E-state index contributed by atoms with van der Waals surface area (Å²) in [6.45, 7) is 2.03. The fourth-order valence-electron chi connectivity index (χ4n) is 4.25. The number of fused-ring (bicyclic) bond motifs is 1. The van der Waals surface area contributed by atoms with Crippen LogP contribution in [0.25, 0.3) is 10.9 Å². The van der Waals surface area contributed by atoms with Gasteiger partial charge in [-0.15, -0.1) is 0 Å². The maximum absolute atomic E-state index is 13.1. The van der Waals surface area contributed by atoms with E-state index in [4.69, 9.17) is 16.0 Å². The summed E-state index contributed by atoms with van der Waals surface area (Å²) in [7, 11) is 0. The molecule has 0 radical (unpaired) electrons. The third kappa shape index (κ3) is 6.25. The Bertz CT molecular complexity index is 1500. The third-order valence-corrected chi connectivity index (χ3v) is 6.60. The van der Waals surface area contributed by atoms with Crippen molar-refractivity contribution in [3.63, 3.8) is 0 Å². The fourth-order valence-corrected chi connectivity index (χ4v) is 4.45. The molecule has 5 rings (SSSR count). The van der Waals surface area contributed by atoms with E-state index in [1.54, 1.807) is 12.1 Å². The molecule has 0 bridgehead atoms. The second kappa shape index (κ2) is 11.4. The van der Waals surface area contributed by atoms with E-state index >= 15 is 0 Å². The molecule has 2 N–H and O–H groups in total. The molecule has 0 saturated carbocycles. The number of hydrogen-bond donors (Lipinski definition) is 2. The van der Waals surface area contributed by atoms with E-state index < -0.39 is 0 Å². The highest BCUT2D eigenvalue weighted by Gasteiger charge is 2.17. The lowest BCUT2D eigenvalue weighted by Gasteiger charge is -2.21. The number of H-pyrrole nitrogens is 1. The molecule has 0 atom stereocenters. The number of carbonyl (C=O) groups excluding carboxylic acids is 1. The zero-order valence-corrected chi connectivity index (χ0v) is 20.8. The summed E-state index contributed by atoms with van der Waals surface area (Å²) in [4.78, 5) is 22.5. The van der Waals surface area contributed by atoms with Crippen molar-refractivity contribution in [2.75, 3.05) is 6.54 Å². The summed E-state index contributed by atoms with van der Waals surface area (Å²) in [5.41, 5.74) is 4.34. The summed E-state index contributed by atoms with van der Waals surface area (Å²) in [6.07, 6.45) is 4.23. The average Bonchev–Trinajstić information content (AvgIpc) is 3.55. The average molecular weight is 517 g/mol. The van der Waals surface area contributed by atoms with Gasteiger partial charge in [-0.1, -0.05) is 60.1 Å². The van der Waals surface area contributed by atoms with Gasteiger partial charge in [0.2, 0.25) is 5.89 Å².